The molecule has 1 aliphatic heterocycles. The van der Waals surface area contributed by atoms with Crippen LogP contribution in [0.3, 0.4) is 0 Å². The maximum absolute atomic E-state index is 12.2. The highest BCUT2D eigenvalue weighted by atomic mass is 16.5. The molecule has 1 fully saturated rings. The molecule has 6 heteroatoms. The highest BCUT2D eigenvalue weighted by Gasteiger charge is 2.38. The summed E-state index contributed by atoms with van der Waals surface area (Å²) in [4.78, 5) is 29.4. The molecule has 0 saturated carbocycles. The maximum Gasteiger partial charge on any atom is 0.310 e. The lowest BCUT2D eigenvalue weighted by Gasteiger charge is -2.14. The van der Waals surface area contributed by atoms with Crippen LogP contribution in [0.4, 0.5) is 0 Å². The summed E-state index contributed by atoms with van der Waals surface area (Å²) in [6.45, 7) is 2.92. The predicted molar refractivity (Wildman–Crippen MR) is 63.8 cm³/mol. The van der Waals surface area contributed by atoms with Crippen LogP contribution >= 0.6 is 0 Å². The molecule has 0 aromatic carbocycles. The van der Waals surface area contributed by atoms with Crippen LogP contribution < -0.4 is 0 Å². The normalized spacial score (nSPS) is 23.2. The van der Waals surface area contributed by atoms with Gasteiger partial charge in [0.1, 0.15) is 5.69 Å². The van der Waals surface area contributed by atoms with E-state index in [1.54, 1.807) is 22.0 Å². The van der Waals surface area contributed by atoms with E-state index in [-0.39, 0.29) is 23.7 Å². The maximum atomic E-state index is 12.2. The van der Waals surface area contributed by atoms with Gasteiger partial charge >= 0.3 is 5.97 Å². The molecule has 2 unspecified atom stereocenters. The monoisotopic (exact) mass is 251 g/mol. The highest BCUT2D eigenvalue weighted by molar-refractivity contribution is 5.92. The Hall–Kier alpha value is -1.85. The first-order chi connectivity index (χ1) is 8.52. The van der Waals surface area contributed by atoms with Crippen molar-refractivity contribution in [2.45, 2.75) is 6.92 Å². The fraction of sp³-hybridized carbons (Fsp3) is 0.583. The van der Waals surface area contributed by atoms with E-state index in [2.05, 4.69) is 4.98 Å². The van der Waals surface area contributed by atoms with E-state index in [4.69, 9.17) is 4.74 Å². The number of amides is 1. The SMILES string of the molecule is COC(=O)C1CN(C(=O)c2cn(C)cn2)CC1C. The van der Waals surface area contributed by atoms with Gasteiger partial charge in [0.15, 0.2) is 0 Å². The van der Waals surface area contributed by atoms with Gasteiger partial charge < -0.3 is 14.2 Å². The minimum Gasteiger partial charge on any atom is -0.469 e. The molecule has 2 heterocycles. The summed E-state index contributed by atoms with van der Waals surface area (Å²) in [5.41, 5.74) is 0.412. The van der Waals surface area contributed by atoms with Crippen molar-refractivity contribution in [3.63, 3.8) is 0 Å². The molecule has 1 aromatic heterocycles. The topological polar surface area (TPSA) is 64.4 Å². The molecule has 98 valence electrons. The molecule has 1 aliphatic rings. The molecule has 2 atom stereocenters. The molecule has 18 heavy (non-hydrogen) atoms. The molecule has 1 amide bonds. The smallest absolute Gasteiger partial charge is 0.310 e. The summed E-state index contributed by atoms with van der Waals surface area (Å²) >= 11 is 0. The van der Waals surface area contributed by atoms with Crippen LogP contribution in [-0.4, -0.2) is 46.5 Å². The second-order valence-corrected chi connectivity index (χ2v) is 4.74. The third-order valence-corrected chi connectivity index (χ3v) is 3.33. The zero-order chi connectivity index (χ0) is 13.3. The van der Waals surface area contributed by atoms with Crippen LogP contribution in [-0.2, 0) is 16.6 Å². The average Bonchev–Trinajstić information content (AvgIpc) is 2.94. The molecule has 6 nitrogen and oxygen atoms in total. The number of ether oxygens (including phenoxy) is 1. The quantitative estimate of drug-likeness (QED) is 0.709. The Morgan fingerprint density at radius 1 is 1.44 bits per heavy atom. The van der Waals surface area contributed by atoms with Crippen molar-refractivity contribution in [3.8, 4) is 0 Å². The van der Waals surface area contributed by atoms with Crippen LogP contribution in [0.15, 0.2) is 12.5 Å². The molecular formula is C12H17N3O3. The third kappa shape index (κ3) is 2.23. The summed E-state index contributed by atoms with van der Waals surface area (Å²) in [5, 5.41) is 0. The fourth-order valence-corrected chi connectivity index (χ4v) is 2.28. The number of carbonyl (C=O) groups excluding carboxylic acids is 2. The molecule has 1 saturated heterocycles. The van der Waals surface area contributed by atoms with Crippen molar-refractivity contribution >= 4 is 11.9 Å². The fourth-order valence-electron chi connectivity index (χ4n) is 2.28. The zero-order valence-electron chi connectivity index (χ0n) is 10.8. The summed E-state index contributed by atoms with van der Waals surface area (Å²) in [6, 6.07) is 0. The number of imidazole rings is 1. The lowest BCUT2D eigenvalue weighted by molar-refractivity contribution is -0.146. The van der Waals surface area contributed by atoms with Crippen molar-refractivity contribution in [1.29, 1.82) is 0 Å². The summed E-state index contributed by atoms with van der Waals surface area (Å²) < 4.78 is 6.47. The summed E-state index contributed by atoms with van der Waals surface area (Å²) in [5.74, 6) is -0.500. The highest BCUT2D eigenvalue weighted by Crippen LogP contribution is 2.25. The van der Waals surface area contributed by atoms with E-state index >= 15 is 0 Å². The van der Waals surface area contributed by atoms with Crippen LogP contribution in [0.2, 0.25) is 0 Å². The Labute approximate surface area is 106 Å². The Bertz CT molecular complexity index is 469. The predicted octanol–water partition coefficient (Wildman–Crippen LogP) is 0.301. The first-order valence-corrected chi connectivity index (χ1v) is 5.88. The van der Waals surface area contributed by atoms with Gasteiger partial charge in [-0.1, -0.05) is 6.92 Å². The van der Waals surface area contributed by atoms with Crippen LogP contribution in [0.25, 0.3) is 0 Å². The van der Waals surface area contributed by atoms with Crippen LogP contribution in [0.5, 0.6) is 0 Å². The molecule has 1 aromatic rings. The standard InChI is InChI=1S/C12H17N3O3/c1-8-4-15(5-9(8)12(17)18-3)11(16)10-6-14(2)7-13-10/h6-9H,4-5H2,1-3H3. The van der Waals surface area contributed by atoms with Crippen molar-refractivity contribution < 1.29 is 14.3 Å². The first-order valence-electron chi connectivity index (χ1n) is 5.88. The molecule has 0 N–H and O–H groups in total. The van der Waals surface area contributed by atoms with Crippen LogP contribution in [0.1, 0.15) is 17.4 Å². The number of esters is 1. The molecule has 0 radical (unpaired) electrons. The second kappa shape index (κ2) is 4.80. The lowest BCUT2D eigenvalue weighted by Crippen LogP contribution is -2.30. The van der Waals surface area contributed by atoms with E-state index in [9.17, 15) is 9.59 Å². The number of aromatic nitrogens is 2. The minimum absolute atomic E-state index is 0.116. The van der Waals surface area contributed by atoms with Gasteiger partial charge in [-0.3, -0.25) is 9.59 Å². The van der Waals surface area contributed by atoms with Gasteiger partial charge in [-0.25, -0.2) is 4.98 Å². The number of likely N-dealkylation sites (tertiary alicyclic amines) is 1. The van der Waals surface area contributed by atoms with E-state index in [1.807, 2.05) is 14.0 Å². The Balaban J connectivity index is 2.08. The Morgan fingerprint density at radius 2 is 2.17 bits per heavy atom. The lowest BCUT2D eigenvalue weighted by atomic mass is 9.99. The third-order valence-electron chi connectivity index (χ3n) is 3.33. The molecule has 0 spiro atoms. The Kier molecular flexibility index (Phi) is 3.36. The molecule has 2 rings (SSSR count). The number of carbonyl (C=O) groups is 2. The number of nitrogens with zero attached hydrogens (tertiary/aromatic N) is 3. The number of rotatable bonds is 2. The molecular weight excluding hydrogens is 234 g/mol. The number of methoxy groups -OCH3 is 1. The van der Waals surface area contributed by atoms with E-state index in [1.165, 1.54) is 7.11 Å². The van der Waals surface area contributed by atoms with Gasteiger partial charge in [0.05, 0.1) is 19.4 Å². The van der Waals surface area contributed by atoms with Crippen molar-refractivity contribution in [1.82, 2.24) is 14.5 Å². The van der Waals surface area contributed by atoms with E-state index in [0.717, 1.165) is 0 Å². The Morgan fingerprint density at radius 3 is 2.72 bits per heavy atom. The van der Waals surface area contributed by atoms with Crippen molar-refractivity contribution in [3.05, 3.63) is 18.2 Å². The van der Waals surface area contributed by atoms with Gasteiger partial charge in [-0.2, -0.15) is 0 Å². The van der Waals surface area contributed by atoms with Gasteiger partial charge in [0.25, 0.3) is 5.91 Å². The minimum atomic E-state index is -0.251. The van der Waals surface area contributed by atoms with Gasteiger partial charge in [0.2, 0.25) is 0 Å². The van der Waals surface area contributed by atoms with Gasteiger partial charge in [-0.15, -0.1) is 0 Å². The summed E-state index contributed by atoms with van der Waals surface area (Å²) in [7, 11) is 3.19. The number of hydrogen-bond donors (Lipinski definition) is 0. The largest absolute Gasteiger partial charge is 0.469 e. The van der Waals surface area contributed by atoms with E-state index < -0.39 is 0 Å². The average molecular weight is 251 g/mol. The van der Waals surface area contributed by atoms with Gasteiger partial charge in [-0.05, 0) is 5.92 Å². The van der Waals surface area contributed by atoms with Gasteiger partial charge in [0, 0.05) is 26.3 Å². The number of hydrogen-bond acceptors (Lipinski definition) is 4. The first kappa shape index (κ1) is 12.6. The van der Waals surface area contributed by atoms with Crippen molar-refractivity contribution in [2.75, 3.05) is 20.2 Å². The van der Waals surface area contributed by atoms with E-state index in [0.29, 0.717) is 18.8 Å². The molecule has 0 bridgehead atoms. The van der Waals surface area contributed by atoms with Crippen LogP contribution in [0, 0.1) is 11.8 Å². The second-order valence-electron chi connectivity index (χ2n) is 4.74. The number of aryl methyl sites for hydroxylation is 1. The summed E-state index contributed by atoms with van der Waals surface area (Å²) in [6.07, 6.45) is 3.27. The zero-order valence-corrected chi connectivity index (χ0v) is 10.8. The molecule has 0 aliphatic carbocycles. The van der Waals surface area contributed by atoms with Crippen molar-refractivity contribution in [2.24, 2.45) is 18.9 Å².